The number of benzene rings is 2. The second-order valence-electron chi connectivity index (χ2n) is 5.93. The van der Waals surface area contributed by atoms with E-state index in [-0.39, 0.29) is 16.7 Å². The van der Waals surface area contributed by atoms with Crippen LogP contribution in [0.15, 0.2) is 46.8 Å². The maximum absolute atomic E-state index is 12.6. The lowest BCUT2D eigenvalue weighted by Gasteiger charge is -2.13. The normalized spacial score (nSPS) is 11.9. The number of amides is 1. The van der Waals surface area contributed by atoms with Crippen molar-refractivity contribution in [3.8, 4) is 5.75 Å². The highest BCUT2D eigenvalue weighted by atomic mass is 32.2. The Balaban J connectivity index is 1.69. The van der Waals surface area contributed by atoms with Crippen molar-refractivity contribution in [2.45, 2.75) is 29.9 Å². The summed E-state index contributed by atoms with van der Waals surface area (Å²) in [6, 6.07) is 11.9. The third-order valence-corrected chi connectivity index (χ3v) is 6.43. The Morgan fingerprint density at radius 1 is 1.21 bits per heavy atom. The van der Waals surface area contributed by atoms with Crippen molar-refractivity contribution in [1.82, 2.24) is 4.98 Å². The number of hydrogen-bond acceptors (Lipinski definition) is 6. The van der Waals surface area contributed by atoms with E-state index in [9.17, 15) is 9.59 Å². The molecule has 1 amide bonds. The van der Waals surface area contributed by atoms with Gasteiger partial charge in [0.25, 0.3) is 0 Å². The summed E-state index contributed by atoms with van der Waals surface area (Å²) in [4.78, 5) is 28.2. The van der Waals surface area contributed by atoms with E-state index in [0.717, 1.165) is 20.3 Å². The molecule has 3 aromatic rings. The van der Waals surface area contributed by atoms with E-state index in [2.05, 4.69) is 10.3 Å². The summed E-state index contributed by atoms with van der Waals surface area (Å²) < 4.78 is 7.37. The summed E-state index contributed by atoms with van der Waals surface area (Å²) in [5.74, 6) is -0.321. The van der Waals surface area contributed by atoms with Crippen LogP contribution in [0.2, 0.25) is 0 Å². The van der Waals surface area contributed by atoms with Crippen LogP contribution in [0, 0.1) is 0 Å². The maximum atomic E-state index is 12.6. The highest BCUT2D eigenvalue weighted by molar-refractivity contribution is 8.02. The number of carboxylic acid groups (broad SMARTS) is 1. The van der Waals surface area contributed by atoms with Gasteiger partial charge in [-0.3, -0.25) is 4.79 Å². The molecule has 3 rings (SSSR count). The molecule has 146 valence electrons. The quantitative estimate of drug-likeness (QED) is 0.508. The zero-order chi connectivity index (χ0) is 20.1. The largest absolute Gasteiger partial charge is 0.494 e. The van der Waals surface area contributed by atoms with E-state index in [0.29, 0.717) is 18.7 Å². The van der Waals surface area contributed by atoms with Crippen LogP contribution in [0.5, 0.6) is 5.75 Å². The second kappa shape index (κ2) is 9.07. The van der Waals surface area contributed by atoms with Gasteiger partial charge in [0, 0.05) is 5.69 Å². The molecule has 28 heavy (non-hydrogen) atoms. The molecule has 2 aromatic carbocycles. The highest BCUT2D eigenvalue weighted by Crippen LogP contribution is 2.35. The number of rotatable bonds is 8. The molecule has 1 unspecified atom stereocenters. The number of nitrogens with one attached hydrogen (secondary N) is 1. The fraction of sp³-hybridized carbons (Fsp3) is 0.250. The molecule has 8 heteroatoms. The first kappa shape index (κ1) is 20.2. The Labute approximate surface area is 170 Å². The molecule has 0 spiro atoms. The van der Waals surface area contributed by atoms with Crippen molar-refractivity contribution in [3.63, 3.8) is 0 Å². The van der Waals surface area contributed by atoms with Gasteiger partial charge in [0.05, 0.1) is 27.6 Å². The molecule has 0 saturated heterocycles. The first-order chi connectivity index (χ1) is 13.5. The molecule has 0 fully saturated rings. The van der Waals surface area contributed by atoms with Gasteiger partial charge in [0.15, 0.2) is 4.34 Å². The SMILES string of the molecule is CCOc1ccc2nc(SC(CC)C(=O)Nc3ccc(C(=O)O)cc3)sc2c1. The van der Waals surface area contributed by atoms with Crippen molar-refractivity contribution in [3.05, 3.63) is 48.0 Å². The van der Waals surface area contributed by atoms with Gasteiger partial charge in [-0.1, -0.05) is 18.7 Å². The van der Waals surface area contributed by atoms with Crippen LogP contribution in [0.4, 0.5) is 5.69 Å². The van der Waals surface area contributed by atoms with E-state index < -0.39 is 5.97 Å². The molecule has 1 atom stereocenters. The van der Waals surface area contributed by atoms with E-state index in [1.807, 2.05) is 32.0 Å². The van der Waals surface area contributed by atoms with Crippen LogP contribution in [-0.4, -0.2) is 33.8 Å². The lowest BCUT2D eigenvalue weighted by Crippen LogP contribution is -2.24. The Hall–Kier alpha value is -2.58. The lowest BCUT2D eigenvalue weighted by molar-refractivity contribution is -0.115. The Kier molecular flexibility index (Phi) is 6.53. The monoisotopic (exact) mass is 416 g/mol. The summed E-state index contributed by atoms with van der Waals surface area (Å²) in [6.07, 6.45) is 0.643. The number of thioether (sulfide) groups is 1. The van der Waals surface area contributed by atoms with Crippen LogP contribution in [0.25, 0.3) is 10.2 Å². The van der Waals surface area contributed by atoms with Gasteiger partial charge < -0.3 is 15.2 Å². The average molecular weight is 417 g/mol. The number of carbonyl (C=O) groups is 2. The molecule has 1 heterocycles. The van der Waals surface area contributed by atoms with Crippen molar-refractivity contribution in [1.29, 1.82) is 0 Å². The first-order valence-corrected chi connectivity index (χ1v) is 10.5. The first-order valence-electron chi connectivity index (χ1n) is 8.84. The van der Waals surface area contributed by atoms with E-state index in [1.165, 1.54) is 35.2 Å². The number of ether oxygens (including phenoxy) is 1. The van der Waals surface area contributed by atoms with Crippen LogP contribution in [0.1, 0.15) is 30.6 Å². The Bertz CT molecular complexity index is 986. The van der Waals surface area contributed by atoms with Gasteiger partial charge in [0.1, 0.15) is 5.75 Å². The summed E-state index contributed by atoms with van der Waals surface area (Å²) >= 11 is 2.97. The maximum Gasteiger partial charge on any atom is 0.335 e. The standard InChI is InChI=1S/C20H20N2O4S2/c1-3-16(18(23)21-13-7-5-12(6-8-13)19(24)25)27-20-22-15-10-9-14(26-4-2)11-17(15)28-20/h5-11,16H,3-4H2,1-2H3,(H,21,23)(H,24,25). The fourth-order valence-electron chi connectivity index (χ4n) is 2.55. The predicted octanol–water partition coefficient (Wildman–Crippen LogP) is 4.90. The molecule has 1 aromatic heterocycles. The van der Waals surface area contributed by atoms with Gasteiger partial charge in [0.2, 0.25) is 5.91 Å². The zero-order valence-corrected chi connectivity index (χ0v) is 17.1. The summed E-state index contributed by atoms with van der Waals surface area (Å²) in [6.45, 7) is 4.50. The van der Waals surface area contributed by atoms with Crippen molar-refractivity contribution < 1.29 is 19.4 Å². The predicted molar refractivity (Wildman–Crippen MR) is 113 cm³/mol. The minimum absolute atomic E-state index is 0.134. The molecule has 0 aliphatic carbocycles. The number of aromatic carboxylic acids is 1. The third-order valence-electron chi connectivity index (χ3n) is 3.96. The van der Waals surface area contributed by atoms with E-state index in [1.54, 1.807) is 12.1 Å². The number of hydrogen-bond donors (Lipinski definition) is 2. The van der Waals surface area contributed by atoms with Crippen LogP contribution >= 0.6 is 23.1 Å². The van der Waals surface area contributed by atoms with Crippen molar-refractivity contribution >= 4 is 50.9 Å². The van der Waals surface area contributed by atoms with Gasteiger partial charge in [-0.2, -0.15) is 0 Å². The second-order valence-corrected chi connectivity index (χ2v) is 8.41. The Morgan fingerprint density at radius 2 is 1.96 bits per heavy atom. The smallest absolute Gasteiger partial charge is 0.335 e. The molecule has 0 bridgehead atoms. The van der Waals surface area contributed by atoms with Gasteiger partial charge in [-0.05, 0) is 55.8 Å². The number of carbonyl (C=O) groups excluding carboxylic acids is 1. The number of anilines is 1. The van der Waals surface area contributed by atoms with Crippen LogP contribution < -0.4 is 10.1 Å². The number of nitrogens with zero attached hydrogens (tertiary/aromatic N) is 1. The fourth-order valence-corrected chi connectivity index (χ4v) is 4.82. The Morgan fingerprint density at radius 3 is 2.61 bits per heavy atom. The zero-order valence-electron chi connectivity index (χ0n) is 15.5. The minimum Gasteiger partial charge on any atom is -0.494 e. The van der Waals surface area contributed by atoms with Gasteiger partial charge >= 0.3 is 5.97 Å². The molecule has 0 aliphatic rings. The van der Waals surface area contributed by atoms with E-state index >= 15 is 0 Å². The lowest BCUT2D eigenvalue weighted by atomic mass is 10.2. The molecule has 6 nitrogen and oxygen atoms in total. The summed E-state index contributed by atoms with van der Waals surface area (Å²) in [5, 5.41) is 11.5. The van der Waals surface area contributed by atoms with Crippen LogP contribution in [0.3, 0.4) is 0 Å². The van der Waals surface area contributed by atoms with E-state index in [4.69, 9.17) is 9.84 Å². The molecule has 0 radical (unpaired) electrons. The molecule has 2 N–H and O–H groups in total. The minimum atomic E-state index is -0.997. The van der Waals surface area contributed by atoms with Crippen LogP contribution in [-0.2, 0) is 4.79 Å². The highest BCUT2D eigenvalue weighted by Gasteiger charge is 2.20. The average Bonchev–Trinajstić information content (AvgIpc) is 3.08. The number of carboxylic acids is 1. The van der Waals surface area contributed by atoms with Crippen molar-refractivity contribution in [2.24, 2.45) is 0 Å². The number of thiazole rings is 1. The van der Waals surface area contributed by atoms with Crippen molar-refractivity contribution in [2.75, 3.05) is 11.9 Å². The summed E-state index contributed by atoms with van der Waals surface area (Å²) in [5.41, 5.74) is 1.63. The molecular formula is C20H20N2O4S2. The topological polar surface area (TPSA) is 88.5 Å². The molecular weight excluding hydrogens is 396 g/mol. The molecule has 0 saturated carbocycles. The molecule has 0 aliphatic heterocycles. The number of aromatic nitrogens is 1. The number of fused-ring (bicyclic) bond motifs is 1. The van der Waals surface area contributed by atoms with Gasteiger partial charge in [-0.25, -0.2) is 9.78 Å². The third kappa shape index (κ3) is 4.82. The van der Waals surface area contributed by atoms with Gasteiger partial charge in [-0.15, -0.1) is 11.3 Å². The summed E-state index contributed by atoms with van der Waals surface area (Å²) in [7, 11) is 0.